The lowest BCUT2D eigenvalue weighted by atomic mass is 10.0. The maximum atomic E-state index is 13.1. The molecule has 1 aliphatic rings. The number of hydrogen-bond acceptors (Lipinski definition) is 4. The van der Waals surface area contributed by atoms with Gasteiger partial charge in [-0.05, 0) is 48.2 Å². The van der Waals surface area contributed by atoms with E-state index in [0.29, 0.717) is 11.3 Å². The Bertz CT molecular complexity index is 1250. The van der Waals surface area contributed by atoms with E-state index in [1.165, 1.54) is 0 Å². The van der Waals surface area contributed by atoms with Gasteiger partial charge in [0.05, 0.1) is 12.0 Å². The third kappa shape index (κ3) is 5.88. The molecule has 0 unspecified atom stereocenters. The number of carbonyl (C=O) groups is 1. The van der Waals surface area contributed by atoms with Gasteiger partial charge in [-0.25, -0.2) is 13.1 Å². The molecule has 1 aliphatic carbocycles. The third-order valence-corrected chi connectivity index (χ3v) is 6.89. The number of amides is 1. The van der Waals surface area contributed by atoms with Crippen LogP contribution >= 0.6 is 0 Å². The second kappa shape index (κ2) is 10.0. The minimum absolute atomic E-state index is 0.0559. The van der Waals surface area contributed by atoms with E-state index in [9.17, 15) is 13.2 Å². The largest absolute Gasteiger partial charge is 0.496 e. The number of benzene rings is 3. The Hall–Kier alpha value is -3.42. The van der Waals surface area contributed by atoms with E-state index in [2.05, 4.69) is 10.0 Å². The normalized spacial score (nSPS) is 14.0. The van der Waals surface area contributed by atoms with Crippen molar-refractivity contribution in [2.45, 2.75) is 30.3 Å². The van der Waals surface area contributed by atoms with Gasteiger partial charge in [0.1, 0.15) is 5.75 Å². The Labute approximate surface area is 194 Å². The van der Waals surface area contributed by atoms with E-state index < -0.39 is 10.0 Å². The quantitative estimate of drug-likeness (QED) is 0.372. The smallest absolute Gasteiger partial charge is 0.252 e. The molecular weight excluding hydrogens is 436 g/mol. The standard InChI is InChI=1S/C26H26N2O4S/c1-32-25-10-6-5-9-21(25)17-24(20-7-3-2-4-8-20)26(29)27-18-19-11-15-23(16-12-19)33(30,31)28-22-13-14-22/h2-12,15-17,22,28H,13-14,18H2,1H3,(H,27,29)/b24-17+. The van der Waals surface area contributed by atoms with E-state index in [1.807, 2.05) is 60.7 Å². The molecule has 33 heavy (non-hydrogen) atoms. The number of sulfonamides is 1. The van der Waals surface area contributed by atoms with E-state index in [-0.39, 0.29) is 23.4 Å². The number of rotatable bonds is 9. The average molecular weight is 463 g/mol. The van der Waals surface area contributed by atoms with Crippen molar-refractivity contribution in [3.05, 3.63) is 95.6 Å². The highest BCUT2D eigenvalue weighted by Crippen LogP contribution is 2.25. The molecule has 170 valence electrons. The zero-order chi connectivity index (χ0) is 23.3. The van der Waals surface area contributed by atoms with E-state index in [0.717, 1.165) is 29.5 Å². The third-order valence-electron chi connectivity index (χ3n) is 5.35. The lowest BCUT2D eigenvalue weighted by molar-refractivity contribution is -0.115. The first-order valence-electron chi connectivity index (χ1n) is 10.8. The van der Waals surface area contributed by atoms with Crippen molar-refractivity contribution >= 4 is 27.6 Å². The van der Waals surface area contributed by atoms with Crippen molar-refractivity contribution in [2.24, 2.45) is 0 Å². The van der Waals surface area contributed by atoms with Crippen LogP contribution in [0.25, 0.3) is 11.6 Å². The molecule has 0 radical (unpaired) electrons. The summed E-state index contributed by atoms with van der Waals surface area (Å²) in [6.07, 6.45) is 3.58. The molecule has 3 aromatic carbocycles. The van der Waals surface area contributed by atoms with Gasteiger partial charge in [0.25, 0.3) is 5.91 Å². The number of nitrogens with one attached hydrogen (secondary N) is 2. The first-order chi connectivity index (χ1) is 16.0. The SMILES string of the molecule is COc1ccccc1/C=C(/C(=O)NCc1ccc(S(=O)(=O)NC2CC2)cc1)c1ccccc1. The molecule has 0 bridgehead atoms. The summed E-state index contributed by atoms with van der Waals surface area (Å²) in [6, 6.07) is 23.6. The van der Waals surface area contributed by atoms with Gasteiger partial charge in [-0.1, -0.05) is 60.7 Å². The lowest BCUT2D eigenvalue weighted by Gasteiger charge is -2.12. The summed E-state index contributed by atoms with van der Waals surface area (Å²) >= 11 is 0. The van der Waals surface area contributed by atoms with Crippen LogP contribution in [0.4, 0.5) is 0 Å². The van der Waals surface area contributed by atoms with Gasteiger partial charge in [0, 0.05) is 23.7 Å². The zero-order valence-corrected chi connectivity index (χ0v) is 19.1. The summed E-state index contributed by atoms with van der Waals surface area (Å²) in [5.74, 6) is 0.439. The summed E-state index contributed by atoms with van der Waals surface area (Å²) in [5, 5.41) is 2.94. The molecule has 0 heterocycles. The van der Waals surface area contributed by atoms with Crippen LogP contribution in [-0.2, 0) is 21.4 Å². The van der Waals surface area contributed by atoms with Crippen LogP contribution < -0.4 is 14.8 Å². The van der Waals surface area contributed by atoms with E-state index >= 15 is 0 Å². The molecule has 0 spiro atoms. The first-order valence-corrected chi connectivity index (χ1v) is 12.2. The molecule has 0 aromatic heterocycles. The van der Waals surface area contributed by atoms with E-state index in [1.54, 1.807) is 31.4 Å². The molecule has 0 saturated heterocycles. The molecule has 3 aromatic rings. The summed E-state index contributed by atoms with van der Waals surface area (Å²) in [5.41, 5.74) is 2.89. The molecule has 1 saturated carbocycles. The number of hydrogen-bond donors (Lipinski definition) is 2. The fourth-order valence-electron chi connectivity index (χ4n) is 3.39. The Morgan fingerprint density at radius 2 is 1.64 bits per heavy atom. The monoisotopic (exact) mass is 462 g/mol. The van der Waals surface area contributed by atoms with Crippen LogP contribution in [0.5, 0.6) is 5.75 Å². The predicted molar refractivity (Wildman–Crippen MR) is 129 cm³/mol. The zero-order valence-electron chi connectivity index (χ0n) is 18.3. The number of carbonyl (C=O) groups excluding carboxylic acids is 1. The summed E-state index contributed by atoms with van der Waals surface area (Å²) in [4.78, 5) is 13.4. The molecule has 0 aliphatic heterocycles. The van der Waals surface area contributed by atoms with Gasteiger partial charge in [-0.15, -0.1) is 0 Å². The molecule has 1 amide bonds. The highest BCUT2D eigenvalue weighted by atomic mass is 32.2. The van der Waals surface area contributed by atoms with Crippen LogP contribution in [0.2, 0.25) is 0 Å². The van der Waals surface area contributed by atoms with Crippen molar-refractivity contribution in [3.8, 4) is 5.75 Å². The molecular formula is C26H26N2O4S. The lowest BCUT2D eigenvalue weighted by Crippen LogP contribution is -2.26. The van der Waals surface area contributed by atoms with Crippen LogP contribution in [0.15, 0.2) is 83.8 Å². The first kappa shape index (κ1) is 22.8. The maximum absolute atomic E-state index is 13.1. The molecule has 1 fully saturated rings. The van der Waals surface area contributed by atoms with Crippen molar-refractivity contribution in [1.82, 2.24) is 10.0 Å². The fourth-order valence-corrected chi connectivity index (χ4v) is 4.70. The summed E-state index contributed by atoms with van der Waals surface area (Å²) < 4.78 is 32.8. The fraction of sp³-hybridized carbons (Fsp3) is 0.192. The average Bonchev–Trinajstić information content (AvgIpc) is 3.65. The predicted octanol–water partition coefficient (Wildman–Crippen LogP) is 3.99. The van der Waals surface area contributed by atoms with Gasteiger partial charge in [-0.3, -0.25) is 4.79 Å². The molecule has 7 heteroatoms. The van der Waals surface area contributed by atoms with Crippen LogP contribution in [0, 0.1) is 0 Å². The number of ether oxygens (including phenoxy) is 1. The Morgan fingerprint density at radius 1 is 0.970 bits per heavy atom. The van der Waals surface area contributed by atoms with Crippen molar-refractivity contribution in [1.29, 1.82) is 0 Å². The van der Waals surface area contributed by atoms with Crippen molar-refractivity contribution < 1.29 is 17.9 Å². The van der Waals surface area contributed by atoms with Gasteiger partial charge < -0.3 is 10.1 Å². The highest BCUT2D eigenvalue weighted by molar-refractivity contribution is 7.89. The molecule has 6 nitrogen and oxygen atoms in total. The Balaban J connectivity index is 1.51. The molecule has 4 rings (SSSR count). The highest BCUT2D eigenvalue weighted by Gasteiger charge is 2.27. The minimum atomic E-state index is -3.49. The second-order valence-electron chi connectivity index (χ2n) is 7.89. The number of para-hydroxylation sites is 1. The van der Waals surface area contributed by atoms with Crippen LogP contribution in [0.1, 0.15) is 29.5 Å². The Morgan fingerprint density at radius 3 is 2.30 bits per heavy atom. The topological polar surface area (TPSA) is 84.5 Å². The van der Waals surface area contributed by atoms with Gasteiger partial charge >= 0.3 is 0 Å². The summed E-state index contributed by atoms with van der Waals surface area (Å²) in [7, 11) is -1.90. The molecule has 2 N–H and O–H groups in total. The second-order valence-corrected chi connectivity index (χ2v) is 9.60. The van der Waals surface area contributed by atoms with Gasteiger partial charge in [0.2, 0.25) is 10.0 Å². The van der Waals surface area contributed by atoms with Crippen molar-refractivity contribution in [3.63, 3.8) is 0 Å². The molecule has 0 atom stereocenters. The van der Waals surface area contributed by atoms with Crippen LogP contribution in [0.3, 0.4) is 0 Å². The number of methoxy groups -OCH3 is 1. The summed E-state index contributed by atoms with van der Waals surface area (Å²) in [6.45, 7) is 0.269. The maximum Gasteiger partial charge on any atom is 0.252 e. The van der Waals surface area contributed by atoms with Crippen LogP contribution in [-0.4, -0.2) is 27.5 Å². The van der Waals surface area contributed by atoms with E-state index in [4.69, 9.17) is 4.74 Å². The van der Waals surface area contributed by atoms with Crippen molar-refractivity contribution in [2.75, 3.05) is 7.11 Å². The Kier molecular flexibility index (Phi) is 6.91. The van der Waals surface area contributed by atoms with Gasteiger partial charge in [0.15, 0.2) is 0 Å². The minimum Gasteiger partial charge on any atom is -0.496 e. The van der Waals surface area contributed by atoms with Gasteiger partial charge in [-0.2, -0.15) is 0 Å².